The van der Waals surface area contributed by atoms with Gasteiger partial charge in [0.2, 0.25) is 5.91 Å². The number of carbonyl (C=O) groups excluding carboxylic acids is 2. The molecule has 1 aromatic carbocycles. The number of aliphatic hydroxyl groups excluding tert-OH is 2. The fourth-order valence-corrected chi connectivity index (χ4v) is 7.37. The number of thiazole rings is 1. The van der Waals surface area contributed by atoms with Crippen molar-refractivity contribution >= 4 is 28.3 Å². The standard InChI is InChI=1S/C27H37N3O6S/c1-26-10-9-21(32)27(2,15-31)20(26)12-19-24(30-25(37-19)29-23(34)14-35-3)17(26)11-22(33)28-13-16-7-5-6-8-18(16)36-4/h5-8,17,20-21,31-32H,9-15H2,1-4H3,(H,28,33)(H,29,30,34). The number of nitrogens with one attached hydrogen (secondary N) is 2. The molecule has 0 bridgehead atoms. The lowest BCUT2D eigenvalue weighted by Gasteiger charge is -2.58. The SMILES string of the molecule is COCC(=O)Nc1nc2c(s1)CC1C(C)(CO)C(O)CCC1(C)C2CC(=O)NCc1ccccc1OC. The largest absolute Gasteiger partial charge is 0.496 e. The van der Waals surface area contributed by atoms with Gasteiger partial charge in [-0.1, -0.05) is 32.0 Å². The maximum Gasteiger partial charge on any atom is 0.252 e. The number of anilines is 1. The van der Waals surface area contributed by atoms with Gasteiger partial charge in [-0.2, -0.15) is 0 Å². The maximum absolute atomic E-state index is 13.3. The minimum atomic E-state index is -0.708. The van der Waals surface area contributed by atoms with Crippen LogP contribution >= 0.6 is 11.3 Å². The van der Waals surface area contributed by atoms with Crippen LogP contribution in [0.5, 0.6) is 5.75 Å². The molecule has 2 aromatic rings. The highest BCUT2D eigenvalue weighted by Crippen LogP contribution is 2.62. The molecule has 0 saturated heterocycles. The summed E-state index contributed by atoms with van der Waals surface area (Å²) in [5.74, 6) is 0.0148. The van der Waals surface area contributed by atoms with Crippen molar-refractivity contribution in [2.24, 2.45) is 16.7 Å². The molecule has 1 saturated carbocycles. The molecule has 5 atom stereocenters. The molecule has 1 fully saturated rings. The molecule has 0 radical (unpaired) electrons. The van der Waals surface area contributed by atoms with Gasteiger partial charge in [0.15, 0.2) is 5.13 Å². The first-order chi connectivity index (χ1) is 17.7. The molecule has 2 aliphatic rings. The van der Waals surface area contributed by atoms with E-state index in [0.29, 0.717) is 36.7 Å². The summed E-state index contributed by atoms with van der Waals surface area (Å²) < 4.78 is 10.3. The second-order valence-electron chi connectivity index (χ2n) is 10.6. The van der Waals surface area contributed by atoms with Gasteiger partial charge in [0, 0.05) is 41.8 Å². The lowest BCUT2D eigenvalue weighted by molar-refractivity contribution is -0.144. The number of aromatic nitrogens is 1. The number of carbonyl (C=O) groups is 2. The molecule has 0 spiro atoms. The third-order valence-corrected chi connectivity index (χ3v) is 9.48. The Kier molecular flexibility index (Phi) is 8.23. The summed E-state index contributed by atoms with van der Waals surface area (Å²) in [5, 5.41) is 27.6. The van der Waals surface area contributed by atoms with Crippen LogP contribution in [0, 0.1) is 16.7 Å². The van der Waals surface area contributed by atoms with Gasteiger partial charge < -0.3 is 25.0 Å². The van der Waals surface area contributed by atoms with E-state index in [1.165, 1.54) is 18.4 Å². The second-order valence-corrected chi connectivity index (χ2v) is 11.7. The zero-order chi connectivity index (χ0) is 26.8. The Morgan fingerprint density at radius 2 is 1.97 bits per heavy atom. The smallest absolute Gasteiger partial charge is 0.252 e. The van der Waals surface area contributed by atoms with E-state index in [9.17, 15) is 19.8 Å². The van der Waals surface area contributed by atoms with Crippen molar-refractivity contribution in [3.63, 3.8) is 0 Å². The van der Waals surface area contributed by atoms with E-state index in [2.05, 4.69) is 17.6 Å². The monoisotopic (exact) mass is 531 g/mol. The summed E-state index contributed by atoms with van der Waals surface area (Å²) in [5.41, 5.74) is 0.631. The highest BCUT2D eigenvalue weighted by atomic mass is 32.1. The molecule has 202 valence electrons. The highest BCUT2D eigenvalue weighted by molar-refractivity contribution is 7.15. The third-order valence-electron chi connectivity index (χ3n) is 8.47. The number of methoxy groups -OCH3 is 2. The Labute approximate surface area is 221 Å². The van der Waals surface area contributed by atoms with E-state index < -0.39 is 11.5 Å². The molecule has 4 N–H and O–H groups in total. The van der Waals surface area contributed by atoms with Crippen LogP contribution in [0.25, 0.3) is 0 Å². The summed E-state index contributed by atoms with van der Waals surface area (Å²) in [4.78, 5) is 31.2. The average Bonchev–Trinajstić information content (AvgIpc) is 3.28. The first-order valence-corrected chi connectivity index (χ1v) is 13.4. The van der Waals surface area contributed by atoms with E-state index >= 15 is 0 Å². The quantitative estimate of drug-likeness (QED) is 0.391. The van der Waals surface area contributed by atoms with Crippen LogP contribution in [0.2, 0.25) is 0 Å². The molecule has 0 aliphatic heterocycles. The molecule has 5 unspecified atom stereocenters. The van der Waals surface area contributed by atoms with Crippen molar-refractivity contribution < 1.29 is 29.3 Å². The molecule has 2 aliphatic carbocycles. The predicted octanol–water partition coefficient (Wildman–Crippen LogP) is 2.86. The van der Waals surface area contributed by atoms with E-state index in [0.717, 1.165) is 16.1 Å². The Morgan fingerprint density at radius 3 is 2.68 bits per heavy atom. The van der Waals surface area contributed by atoms with Crippen LogP contribution in [-0.4, -0.2) is 60.5 Å². The van der Waals surface area contributed by atoms with Crippen LogP contribution in [0.15, 0.2) is 24.3 Å². The highest BCUT2D eigenvalue weighted by Gasteiger charge is 2.59. The Balaban J connectivity index is 1.64. The van der Waals surface area contributed by atoms with Gasteiger partial charge in [0.05, 0.1) is 25.5 Å². The van der Waals surface area contributed by atoms with Gasteiger partial charge in [-0.25, -0.2) is 4.98 Å². The normalized spacial score (nSPS) is 28.6. The molecule has 10 heteroatoms. The molecular formula is C27H37N3O6S. The summed E-state index contributed by atoms with van der Waals surface area (Å²) in [6, 6.07) is 7.56. The van der Waals surface area contributed by atoms with Crippen LogP contribution in [0.4, 0.5) is 5.13 Å². The van der Waals surface area contributed by atoms with Gasteiger partial charge in [0.25, 0.3) is 5.91 Å². The second kappa shape index (κ2) is 11.1. The average molecular weight is 532 g/mol. The van der Waals surface area contributed by atoms with Gasteiger partial charge >= 0.3 is 0 Å². The number of para-hydroxylation sites is 1. The number of nitrogens with zero attached hydrogens (tertiary/aromatic N) is 1. The zero-order valence-electron chi connectivity index (χ0n) is 21.9. The molecule has 37 heavy (non-hydrogen) atoms. The van der Waals surface area contributed by atoms with E-state index in [1.54, 1.807) is 7.11 Å². The lowest BCUT2D eigenvalue weighted by Crippen LogP contribution is -2.57. The number of hydrogen-bond donors (Lipinski definition) is 4. The Morgan fingerprint density at radius 1 is 1.22 bits per heavy atom. The number of benzene rings is 1. The third kappa shape index (κ3) is 5.25. The predicted molar refractivity (Wildman–Crippen MR) is 141 cm³/mol. The lowest BCUT2D eigenvalue weighted by atomic mass is 9.47. The van der Waals surface area contributed by atoms with Gasteiger partial charge in [-0.3, -0.25) is 14.9 Å². The minimum Gasteiger partial charge on any atom is -0.496 e. The summed E-state index contributed by atoms with van der Waals surface area (Å²) in [6.45, 7) is 4.21. The molecule has 9 nitrogen and oxygen atoms in total. The van der Waals surface area contributed by atoms with Gasteiger partial charge in [0.1, 0.15) is 12.4 Å². The summed E-state index contributed by atoms with van der Waals surface area (Å²) in [7, 11) is 3.06. The minimum absolute atomic E-state index is 0.0590. The number of hydrogen-bond acceptors (Lipinski definition) is 8. The number of aliphatic hydroxyl groups is 2. The van der Waals surface area contributed by atoms with Crippen LogP contribution in [-0.2, 0) is 27.3 Å². The van der Waals surface area contributed by atoms with Crippen molar-refractivity contribution in [1.82, 2.24) is 10.3 Å². The first-order valence-electron chi connectivity index (χ1n) is 12.6. The van der Waals surface area contributed by atoms with E-state index in [1.807, 2.05) is 31.2 Å². The maximum atomic E-state index is 13.3. The number of rotatable bonds is 9. The van der Waals surface area contributed by atoms with Crippen LogP contribution in [0.3, 0.4) is 0 Å². The fourth-order valence-electron chi connectivity index (χ4n) is 6.29. The van der Waals surface area contributed by atoms with Crippen LogP contribution < -0.4 is 15.4 Å². The van der Waals surface area contributed by atoms with Crippen molar-refractivity contribution in [1.29, 1.82) is 0 Å². The van der Waals surface area contributed by atoms with Gasteiger partial charge in [-0.05, 0) is 36.7 Å². The van der Waals surface area contributed by atoms with E-state index in [-0.39, 0.29) is 48.7 Å². The number of ether oxygens (including phenoxy) is 2. The molecule has 2 amide bonds. The van der Waals surface area contributed by atoms with Crippen molar-refractivity contribution in [2.45, 2.75) is 58.1 Å². The number of fused-ring (bicyclic) bond motifs is 2. The van der Waals surface area contributed by atoms with E-state index in [4.69, 9.17) is 14.5 Å². The fraction of sp³-hybridized carbons (Fsp3) is 0.593. The van der Waals surface area contributed by atoms with Gasteiger partial charge in [-0.15, -0.1) is 11.3 Å². The Bertz CT molecular complexity index is 1140. The summed E-state index contributed by atoms with van der Waals surface area (Å²) in [6.07, 6.45) is 1.45. The number of amides is 2. The Hall–Kier alpha value is -2.53. The zero-order valence-corrected chi connectivity index (χ0v) is 22.7. The first kappa shape index (κ1) is 27.5. The van der Waals surface area contributed by atoms with Crippen molar-refractivity contribution in [3.05, 3.63) is 40.4 Å². The topological polar surface area (TPSA) is 130 Å². The molecule has 1 aromatic heterocycles. The molecule has 1 heterocycles. The molecule has 4 rings (SSSR count). The summed E-state index contributed by atoms with van der Waals surface area (Å²) >= 11 is 1.39. The van der Waals surface area contributed by atoms with Crippen molar-refractivity contribution in [2.75, 3.05) is 32.8 Å². The van der Waals surface area contributed by atoms with Crippen molar-refractivity contribution in [3.8, 4) is 5.75 Å². The van der Waals surface area contributed by atoms with Crippen LogP contribution in [0.1, 0.15) is 55.2 Å². The molecular weight excluding hydrogens is 494 g/mol.